The van der Waals surface area contributed by atoms with Crippen LogP contribution >= 0.6 is 0 Å². The molecule has 3 heteroatoms. The van der Waals surface area contributed by atoms with Crippen LogP contribution in [-0.4, -0.2) is 18.0 Å². The van der Waals surface area contributed by atoms with Gasteiger partial charge < -0.3 is 11.1 Å². The molecule has 0 saturated carbocycles. The van der Waals surface area contributed by atoms with Crippen LogP contribution in [-0.2, 0) is 4.79 Å². The number of hydrogen-bond donors (Lipinski definition) is 2. The molecule has 1 atom stereocenters. The lowest BCUT2D eigenvalue weighted by molar-refractivity contribution is -0.124. The summed E-state index contributed by atoms with van der Waals surface area (Å²) in [6.45, 7) is 12.9. The third-order valence-electron chi connectivity index (χ3n) is 2.96. The number of carbonyl (C=O) groups is 1. The Hall–Kier alpha value is -0.570. The molecule has 0 aliphatic rings. The molecule has 0 aromatic heterocycles. The highest BCUT2D eigenvalue weighted by atomic mass is 16.1. The molecule has 0 radical (unpaired) electrons. The Balaban J connectivity index is 4.17. The van der Waals surface area contributed by atoms with Gasteiger partial charge in [-0.05, 0) is 25.2 Å². The largest absolute Gasteiger partial charge is 0.350 e. The van der Waals surface area contributed by atoms with Crippen molar-refractivity contribution < 1.29 is 4.79 Å². The highest BCUT2D eigenvalue weighted by Crippen LogP contribution is 2.27. The second-order valence-corrected chi connectivity index (χ2v) is 6.11. The van der Waals surface area contributed by atoms with E-state index >= 15 is 0 Å². The standard InChI is InChI=1S/C12H26N2O/c1-9(11(2,3)4)7-10(15)14-12(5,6)8-13/h9H,7-8,13H2,1-6H3,(H,14,15). The van der Waals surface area contributed by atoms with E-state index in [2.05, 4.69) is 33.0 Å². The lowest BCUT2D eigenvalue weighted by Crippen LogP contribution is -2.49. The van der Waals surface area contributed by atoms with Gasteiger partial charge in [-0.1, -0.05) is 27.7 Å². The number of nitrogens with one attached hydrogen (secondary N) is 1. The maximum Gasteiger partial charge on any atom is 0.220 e. The highest BCUT2D eigenvalue weighted by molar-refractivity contribution is 5.77. The maximum absolute atomic E-state index is 11.7. The van der Waals surface area contributed by atoms with E-state index in [9.17, 15) is 4.79 Å². The van der Waals surface area contributed by atoms with E-state index in [1.165, 1.54) is 0 Å². The van der Waals surface area contributed by atoms with Crippen LogP contribution in [0.3, 0.4) is 0 Å². The number of carbonyl (C=O) groups excluding carboxylic acids is 1. The van der Waals surface area contributed by atoms with E-state index in [1.807, 2.05) is 13.8 Å². The van der Waals surface area contributed by atoms with Crippen LogP contribution in [0.4, 0.5) is 0 Å². The van der Waals surface area contributed by atoms with Gasteiger partial charge in [0.2, 0.25) is 5.91 Å². The molecule has 0 spiro atoms. The molecule has 0 aliphatic heterocycles. The maximum atomic E-state index is 11.7. The molecular weight excluding hydrogens is 188 g/mol. The zero-order valence-electron chi connectivity index (χ0n) is 11.0. The average molecular weight is 214 g/mol. The molecule has 15 heavy (non-hydrogen) atoms. The molecular formula is C12H26N2O. The number of amides is 1. The Morgan fingerprint density at radius 2 is 1.73 bits per heavy atom. The molecule has 1 unspecified atom stereocenters. The van der Waals surface area contributed by atoms with E-state index in [4.69, 9.17) is 5.73 Å². The van der Waals surface area contributed by atoms with Gasteiger partial charge in [-0.25, -0.2) is 0 Å². The third kappa shape index (κ3) is 5.78. The van der Waals surface area contributed by atoms with Gasteiger partial charge in [-0.3, -0.25) is 4.79 Å². The second-order valence-electron chi connectivity index (χ2n) is 6.11. The molecule has 0 heterocycles. The van der Waals surface area contributed by atoms with Crippen molar-refractivity contribution in [3.05, 3.63) is 0 Å². The molecule has 0 fully saturated rings. The summed E-state index contributed by atoms with van der Waals surface area (Å²) in [5.41, 5.74) is 5.43. The normalized spacial score (nSPS) is 14.9. The molecule has 3 nitrogen and oxygen atoms in total. The smallest absolute Gasteiger partial charge is 0.220 e. The Labute approximate surface area is 93.8 Å². The van der Waals surface area contributed by atoms with Crippen molar-refractivity contribution in [1.29, 1.82) is 0 Å². The summed E-state index contributed by atoms with van der Waals surface area (Å²) < 4.78 is 0. The first-order chi connectivity index (χ1) is 6.58. The van der Waals surface area contributed by atoms with Crippen LogP contribution in [0.25, 0.3) is 0 Å². The summed E-state index contributed by atoms with van der Waals surface area (Å²) in [5, 5.41) is 2.94. The van der Waals surface area contributed by atoms with E-state index in [0.29, 0.717) is 18.9 Å². The van der Waals surface area contributed by atoms with E-state index in [1.54, 1.807) is 0 Å². The van der Waals surface area contributed by atoms with Crippen molar-refractivity contribution in [2.75, 3.05) is 6.54 Å². The Morgan fingerprint density at radius 3 is 2.07 bits per heavy atom. The fourth-order valence-electron chi connectivity index (χ4n) is 1.06. The lowest BCUT2D eigenvalue weighted by Gasteiger charge is -2.29. The Bertz CT molecular complexity index is 216. The zero-order chi connectivity index (χ0) is 12.3. The minimum atomic E-state index is -0.297. The summed E-state index contributed by atoms with van der Waals surface area (Å²) in [4.78, 5) is 11.7. The molecule has 0 saturated heterocycles. The number of hydrogen-bond acceptors (Lipinski definition) is 2. The topological polar surface area (TPSA) is 55.1 Å². The number of nitrogens with two attached hydrogens (primary N) is 1. The van der Waals surface area contributed by atoms with Crippen LogP contribution in [0.1, 0.15) is 48.0 Å². The van der Waals surface area contributed by atoms with Gasteiger partial charge in [0, 0.05) is 18.5 Å². The average Bonchev–Trinajstić information content (AvgIpc) is 2.01. The summed E-state index contributed by atoms with van der Waals surface area (Å²) in [7, 11) is 0. The number of rotatable bonds is 4. The quantitative estimate of drug-likeness (QED) is 0.751. The van der Waals surface area contributed by atoms with Crippen LogP contribution < -0.4 is 11.1 Å². The Morgan fingerprint density at radius 1 is 1.27 bits per heavy atom. The molecule has 0 aromatic rings. The lowest BCUT2D eigenvalue weighted by atomic mass is 9.80. The SMILES string of the molecule is CC(CC(=O)NC(C)(C)CN)C(C)(C)C. The second kappa shape index (κ2) is 4.97. The first-order valence-corrected chi connectivity index (χ1v) is 5.59. The molecule has 0 rings (SSSR count). The minimum Gasteiger partial charge on any atom is -0.350 e. The summed E-state index contributed by atoms with van der Waals surface area (Å²) >= 11 is 0. The molecule has 90 valence electrons. The van der Waals surface area contributed by atoms with Gasteiger partial charge in [-0.2, -0.15) is 0 Å². The third-order valence-corrected chi connectivity index (χ3v) is 2.96. The van der Waals surface area contributed by atoms with Crippen molar-refractivity contribution in [2.24, 2.45) is 17.1 Å². The van der Waals surface area contributed by atoms with Gasteiger partial charge in [-0.15, -0.1) is 0 Å². The van der Waals surface area contributed by atoms with Gasteiger partial charge in [0.1, 0.15) is 0 Å². The predicted octanol–water partition coefficient (Wildman–Crippen LogP) is 1.91. The molecule has 0 aromatic carbocycles. The fourth-order valence-corrected chi connectivity index (χ4v) is 1.06. The summed E-state index contributed by atoms with van der Waals surface area (Å²) in [5.74, 6) is 0.457. The van der Waals surface area contributed by atoms with Gasteiger partial charge >= 0.3 is 0 Å². The van der Waals surface area contributed by atoms with Crippen molar-refractivity contribution in [2.45, 2.75) is 53.5 Å². The van der Waals surface area contributed by atoms with E-state index in [0.717, 1.165) is 0 Å². The fraction of sp³-hybridized carbons (Fsp3) is 0.917. The first-order valence-electron chi connectivity index (χ1n) is 5.59. The monoisotopic (exact) mass is 214 g/mol. The van der Waals surface area contributed by atoms with Crippen LogP contribution in [0.5, 0.6) is 0 Å². The van der Waals surface area contributed by atoms with Crippen LogP contribution in [0.2, 0.25) is 0 Å². The highest BCUT2D eigenvalue weighted by Gasteiger charge is 2.25. The van der Waals surface area contributed by atoms with Gasteiger partial charge in [0.05, 0.1) is 0 Å². The molecule has 0 aliphatic carbocycles. The van der Waals surface area contributed by atoms with E-state index < -0.39 is 0 Å². The summed E-state index contributed by atoms with van der Waals surface area (Å²) in [6.07, 6.45) is 0.562. The van der Waals surface area contributed by atoms with Crippen molar-refractivity contribution >= 4 is 5.91 Å². The molecule has 1 amide bonds. The minimum absolute atomic E-state index is 0.0906. The van der Waals surface area contributed by atoms with E-state index in [-0.39, 0.29) is 16.9 Å². The van der Waals surface area contributed by atoms with Gasteiger partial charge in [0.15, 0.2) is 0 Å². The molecule has 3 N–H and O–H groups in total. The van der Waals surface area contributed by atoms with Crippen LogP contribution in [0, 0.1) is 11.3 Å². The molecule has 0 bridgehead atoms. The summed E-state index contributed by atoms with van der Waals surface area (Å²) in [6, 6.07) is 0. The van der Waals surface area contributed by atoms with Crippen LogP contribution in [0.15, 0.2) is 0 Å². The van der Waals surface area contributed by atoms with Crippen molar-refractivity contribution in [3.63, 3.8) is 0 Å². The Kier molecular flexibility index (Phi) is 4.78. The predicted molar refractivity (Wildman–Crippen MR) is 64.5 cm³/mol. The first kappa shape index (κ1) is 14.4. The van der Waals surface area contributed by atoms with Crippen molar-refractivity contribution in [3.8, 4) is 0 Å². The van der Waals surface area contributed by atoms with Crippen molar-refractivity contribution in [1.82, 2.24) is 5.32 Å². The van der Waals surface area contributed by atoms with Gasteiger partial charge in [0.25, 0.3) is 0 Å². The zero-order valence-corrected chi connectivity index (χ0v) is 11.0.